The molecule has 0 bridgehead atoms. The Morgan fingerprint density at radius 1 is 1.09 bits per heavy atom. The standard InChI is InChI=1S/C18H27NO2S/c1-16(2,18(11-12-18)15-7-5-4-6-8-15)19-13-17(9-10-17)14-22(3,20)21/h4-8,19H,9-14H2,1-3H3. The first kappa shape index (κ1) is 16.0. The summed E-state index contributed by atoms with van der Waals surface area (Å²) in [4.78, 5) is 0. The topological polar surface area (TPSA) is 46.2 Å². The third-order valence-corrected chi connectivity index (χ3v) is 6.84. The Bertz CT molecular complexity index is 641. The van der Waals surface area contributed by atoms with Gasteiger partial charge in [0.2, 0.25) is 0 Å². The Balaban J connectivity index is 1.70. The first-order valence-corrected chi connectivity index (χ1v) is 10.2. The molecule has 1 aromatic carbocycles. The quantitative estimate of drug-likeness (QED) is 0.840. The average Bonchev–Trinajstić information content (AvgIpc) is 3.32. The van der Waals surface area contributed by atoms with Gasteiger partial charge in [0.15, 0.2) is 0 Å². The smallest absolute Gasteiger partial charge is 0.148 e. The second kappa shape index (κ2) is 5.07. The van der Waals surface area contributed by atoms with Crippen LogP contribution in [0.2, 0.25) is 0 Å². The zero-order valence-corrected chi connectivity index (χ0v) is 14.7. The second-order valence-electron chi connectivity index (χ2n) is 8.00. The molecule has 3 nitrogen and oxygen atoms in total. The van der Waals surface area contributed by atoms with E-state index >= 15 is 0 Å². The van der Waals surface area contributed by atoms with Crippen LogP contribution in [-0.2, 0) is 15.3 Å². The summed E-state index contributed by atoms with van der Waals surface area (Å²) in [6.07, 6.45) is 5.82. The average molecular weight is 321 g/mol. The van der Waals surface area contributed by atoms with Crippen LogP contribution in [-0.4, -0.2) is 32.5 Å². The van der Waals surface area contributed by atoms with Crippen LogP contribution < -0.4 is 5.32 Å². The number of rotatable bonds is 7. The summed E-state index contributed by atoms with van der Waals surface area (Å²) in [7, 11) is -2.90. The Hall–Kier alpha value is -0.870. The van der Waals surface area contributed by atoms with Crippen molar-refractivity contribution in [1.29, 1.82) is 0 Å². The van der Waals surface area contributed by atoms with Crippen LogP contribution in [0.1, 0.15) is 45.1 Å². The van der Waals surface area contributed by atoms with Gasteiger partial charge in [0.25, 0.3) is 0 Å². The molecule has 0 spiro atoms. The molecule has 2 fully saturated rings. The van der Waals surface area contributed by atoms with E-state index in [-0.39, 0.29) is 16.4 Å². The molecule has 0 heterocycles. The number of sulfone groups is 1. The van der Waals surface area contributed by atoms with Crippen LogP contribution in [0.15, 0.2) is 30.3 Å². The SMILES string of the molecule is CC(C)(NCC1(CS(C)(=O)=O)CC1)C1(c2ccccc2)CC1. The van der Waals surface area contributed by atoms with Crippen LogP contribution in [0.4, 0.5) is 0 Å². The van der Waals surface area contributed by atoms with Crippen molar-refractivity contribution < 1.29 is 8.42 Å². The van der Waals surface area contributed by atoms with Gasteiger partial charge in [-0.1, -0.05) is 30.3 Å². The lowest BCUT2D eigenvalue weighted by molar-refractivity contribution is 0.278. The summed E-state index contributed by atoms with van der Waals surface area (Å²) in [5.41, 5.74) is 1.58. The van der Waals surface area contributed by atoms with Crippen molar-refractivity contribution in [3.63, 3.8) is 0 Å². The Kier molecular flexibility index (Phi) is 3.69. The molecule has 1 N–H and O–H groups in total. The predicted octanol–water partition coefficient (Wildman–Crippen LogP) is 2.91. The Morgan fingerprint density at radius 3 is 2.14 bits per heavy atom. The summed E-state index contributed by atoms with van der Waals surface area (Å²) >= 11 is 0. The fourth-order valence-electron chi connectivity index (χ4n) is 3.84. The van der Waals surface area contributed by atoms with Gasteiger partial charge in [0, 0.05) is 23.8 Å². The minimum Gasteiger partial charge on any atom is -0.310 e. The fourth-order valence-corrected chi connectivity index (χ4v) is 5.34. The third kappa shape index (κ3) is 3.09. The van der Waals surface area contributed by atoms with Crippen molar-refractivity contribution >= 4 is 9.84 Å². The highest BCUT2D eigenvalue weighted by molar-refractivity contribution is 7.90. The number of benzene rings is 1. The van der Waals surface area contributed by atoms with Crippen molar-refractivity contribution in [1.82, 2.24) is 5.32 Å². The molecule has 0 saturated heterocycles. The van der Waals surface area contributed by atoms with Gasteiger partial charge in [0.1, 0.15) is 9.84 Å². The summed E-state index contributed by atoms with van der Waals surface area (Å²) in [5.74, 6) is 0.321. The van der Waals surface area contributed by atoms with Crippen molar-refractivity contribution in [2.45, 2.75) is 50.5 Å². The van der Waals surface area contributed by atoms with E-state index in [0.717, 1.165) is 19.4 Å². The van der Waals surface area contributed by atoms with Crippen LogP contribution in [0.5, 0.6) is 0 Å². The zero-order valence-electron chi connectivity index (χ0n) is 13.9. The molecule has 122 valence electrons. The van der Waals surface area contributed by atoms with Gasteiger partial charge in [-0.05, 0) is 50.5 Å². The summed E-state index contributed by atoms with van der Waals surface area (Å²) < 4.78 is 23.2. The summed E-state index contributed by atoms with van der Waals surface area (Å²) in [6.45, 7) is 5.34. The fraction of sp³-hybridized carbons (Fsp3) is 0.667. The van der Waals surface area contributed by atoms with Crippen LogP contribution >= 0.6 is 0 Å². The van der Waals surface area contributed by atoms with Crippen LogP contribution in [0.25, 0.3) is 0 Å². The van der Waals surface area contributed by atoms with E-state index in [1.165, 1.54) is 24.7 Å². The highest BCUT2D eigenvalue weighted by Gasteiger charge is 2.56. The summed E-state index contributed by atoms with van der Waals surface area (Å²) in [6, 6.07) is 10.7. The van der Waals surface area contributed by atoms with E-state index in [0.29, 0.717) is 5.75 Å². The molecule has 3 rings (SSSR count). The lowest BCUT2D eigenvalue weighted by Crippen LogP contribution is -2.52. The lowest BCUT2D eigenvalue weighted by atomic mass is 9.78. The van der Waals surface area contributed by atoms with E-state index in [1.54, 1.807) is 0 Å². The molecule has 0 aromatic heterocycles. The van der Waals surface area contributed by atoms with E-state index < -0.39 is 9.84 Å². The van der Waals surface area contributed by atoms with Crippen LogP contribution in [0, 0.1) is 5.41 Å². The van der Waals surface area contributed by atoms with E-state index in [9.17, 15) is 8.42 Å². The first-order valence-electron chi connectivity index (χ1n) is 8.17. The van der Waals surface area contributed by atoms with Crippen molar-refractivity contribution in [3.05, 3.63) is 35.9 Å². The van der Waals surface area contributed by atoms with Gasteiger partial charge in [-0.3, -0.25) is 0 Å². The monoisotopic (exact) mass is 321 g/mol. The highest BCUT2D eigenvalue weighted by atomic mass is 32.2. The van der Waals surface area contributed by atoms with Gasteiger partial charge in [-0.25, -0.2) is 8.42 Å². The molecule has 2 aliphatic carbocycles. The number of nitrogens with one attached hydrogen (secondary N) is 1. The molecule has 0 aliphatic heterocycles. The molecule has 2 aliphatic rings. The van der Waals surface area contributed by atoms with Gasteiger partial charge >= 0.3 is 0 Å². The van der Waals surface area contributed by atoms with E-state index in [1.807, 2.05) is 0 Å². The van der Waals surface area contributed by atoms with Gasteiger partial charge in [0.05, 0.1) is 5.75 Å². The molecule has 22 heavy (non-hydrogen) atoms. The number of hydrogen-bond donors (Lipinski definition) is 1. The second-order valence-corrected chi connectivity index (χ2v) is 10.1. The van der Waals surface area contributed by atoms with Crippen LogP contribution in [0.3, 0.4) is 0 Å². The predicted molar refractivity (Wildman–Crippen MR) is 90.8 cm³/mol. The molecule has 2 saturated carbocycles. The summed E-state index contributed by atoms with van der Waals surface area (Å²) in [5, 5.41) is 3.72. The molecule has 0 atom stereocenters. The van der Waals surface area contributed by atoms with E-state index in [4.69, 9.17) is 0 Å². The molecular formula is C18H27NO2S. The molecule has 0 unspecified atom stereocenters. The van der Waals surface area contributed by atoms with Crippen molar-refractivity contribution in [2.75, 3.05) is 18.6 Å². The maximum absolute atomic E-state index is 11.6. The van der Waals surface area contributed by atoms with Crippen molar-refractivity contribution in [2.24, 2.45) is 5.41 Å². The highest BCUT2D eigenvalue weighted by Crippen LogP contribution is 2.56. The Labute approximate surface area is 134 Å². The number of hydrogen-bond acceptors (Lipinski definition) is 3. The minimum atomic E-state index is -2.90. The molecular weight excluding hydrogens is 294 g/mol. The van der Waals surface area contributed by atoms with E-state index in [2.05, 4.69) is 49.5 Å². The normalized spacial score (nSPS) is 22.3. The molecule has 0 amide bonds. The minimum absolute atomic E-state index is 0.0125. The maximum atomic E-state index is 11.6. The molecule has 0 radical (unpaired) electrons. The van der Waals surface area contributed by atoms with Gasteiger partial charge in [-0.2, -0.15) is 0 Å². The van der Waals surface area contributed by atoms with Crippen molar-refractivity contribution in [3.8, 4) is 0 Å². The maximum Gasteiger partial charge on any atom is 0.148 e. The van der Waals surface area contributed by atoms with Gasteiger partial charge < -0.3 is 5.32 Å². The Morgan fingerprint density at radius 2 is 1.68 bits per heavy atom. The molecule has 4 heteroatoms. The first-order chi connectivity index (χ1) is 10.2. The lowest BCUT2D eigenvalue weighted by Gasteiger charge is -2.38. The third-order valence-electron chi connectivity index (χ3n) is 5.70. The largest absolute Gasteiger partial charge is 0.310 e. The molecule has 1 aromatic rings. The van der Waals surface area contributed by atoms with Gasteiger partial charge in [-0.15, -0.1) is 0 Å². The zero-order chi connectivity index (χ0) is 16.1.